The number of benzene rings is 4. The lowest BCUT2D eigenvalue weighted by Gasteiger charge is -2.47. The molecule has 4 aromatic carbocycles. The number of fused-ring (bicyclic) bond motifs is 8. The van der Waals surface area contributed by atoms with E-state index < -0.39 is 23.9 Å². The first-order chi connectivity index (χ1) is 18.7. The minimum atomic E-state index is -1.40. The van der Waals surface area contributed by atoms with Gasteiger partial charge in [-0.05, 0) is 42.0 Å². The minimum Gasteiger partial charge on any atom is -0.508 e. The molecule has 7 rings (SSSR count). The zero-order valence-electron chi connectivity index (χ0n) is 20.4. The molecule has 0 aliphatic carbocycles. The first kappa shape index (κ1) is 23.4. The van der Waals surface area contributed by atoms with Gasteiger partial charge in [-0.15, -0.1) is 0 Å². The highest BCUT2D eigenvalue weighted by molar-refractivity contribution is 5.67. The molecule has 0 amide bonds. The summed E-state index contributed by atoms with van der Waals surface area (Å²) in [4.78, 5) is 0. The largest absolute Gasteiger partial charge is 0.508 e. The molecule has 4 atom stereocenters. The Labute approximate surface area is 222 Å². The predicted octanol–water partition coefficient (Wildman–Crippen LogP) is 4.41. The summed E-state index contributed by atoms with van der Waals surface area (Å²) in [5.41, 5.74) is 2.62. The van der Waals surface area contributed by atoms with Crippen molar-refractivity contribution in [2.45, 2.75) is 36.8 Å². The number of rotatable bonds is 2. The molecular formula is C30H24O9. The Morgan fingerprint density at radius 3 is 2.03 bits per heavy atom. The molecule has 2 bridgehead atoms. The third-order valence-electron chi connectivity index (χ3n) is 7.72. The highest BCUT2D eigenvalue weighted by atomic mass is 16.7. The Bertz CT molecular complexity index is 1610. The monoisotopic (exact) mass is 528 g/mol. The van der Waals surface area contributed by atoms with Crippen LogP contribution in [0.2, 0.25) is 0 Å². The summed E-state index contributed by atoms with van der Waals surface area (Å²) in [6.45, 7) is 0. The minimum absolute atomic E-state index is 0.0633. The Morgan fingerprint density at radius 1 is 0.692 bits per heavy atom. The van der Waals surface area contributed by atoms with Crippen LogP contribution in [-0.4, -0.2) is 36.7 Å². The van der Waals surface area contributed by atoms with Crippen LogP contribution in [0.4, 0.5) is 0 Å². The molecule has 0 unspecified atom stereocenters. The zero-order chi connectivity index (χ0) is 27.1. The fraction of sp³-hybridized carbons (Fsp3) is 0.200. The average Bonchev–Trinajstić information content (AvgIpc) is 2.89. The maximum absolute atomic E-state index is 11.0. The molecule has 0 saturated heterocycles. The third-order valence-corrected chi connectivity index (χ3v) is 7.72. The maximum atomic E-state index is 11.0. The number of aliphatic hydroxyl groups is 1. The van der Waals surface area contributed by atoms with E-state index in [0.29, 0.717) is 33.6 Å². The van der Waals surface area contributed by atoms with Gasteiger partial charge in [-0.1, -0.05) is 12.1 Å². The van der Waals surface area contributed by atoms with Crippen LogP contribution in [0.5, 0.6) is 46.0 Å². The number of phenolic OH excluding ortho intramolecular Hbond substituents is 5. The Balaban J connectivity index is 1.44. The summed E-state index contributed by atoms with van der Waals surface area (Å²) in [7, 11) is 0. The van der Waals surface area contributed by atoms with E-state index in [4.69, 9.17) is 14.2 Å². The van der Waals surface area contributed by atoms with Crippen LogP contribution in [0, 0.1) is 0 Å². The van der Waals surface area contributed by atoms with E-state index in [9.17, 15) is 30.6 Å². The molecule has 3 aliphatic rings. The van der Waals surface area contributed by atoms with Crippen LogP contribution in [0.3, 0.4) is 0 Å². The normalized spacial score (nSPS) is 24.3. The van der Waals surface area contributed by atoms with Crippen LogP contribution in [-0.2, 0) is 12.2 Å². The number of phenols is 5. The molecule has 198 valence electrons. The van der Waals surface area contributed by atoms with Gasteiger partial charge < -0.3 is 44.8 Å². The van der Waals surface area contributed by atoms with E-state index in [1.54, 1.807) is 24.3 Å². The van der Waals surface area contributed by atoms with E-state index in [0.717, 1.165) is 0 Å². The van der Waals surface area contributed by atoms with Crippen molar-refractivity contribution >= 4 is 0 Å². The standard InChI is InChI=1S/C30H24O9/c31-16-5-1-14(2-6-16)28-23(36)11-19-21(34)12-25-27(29(19)37-28)20-13-30(39-25,15-3-7-17(32)8-4-15)38-24-10-18(33)9-22(35)26(20)24/h1-10,12,20,23,28,31-36H,11,13H2/t20-,23+,28+,30-/m0/s1. The summed E-state index contributed by atoms with van der Waals surface area (Å²) < 4.78 is 19.2. The molecule has 39 heavy (non-hydrogen) atoms. The Hall–Kier alpha value is -4.76. The second-order valence-corrected chi connectivity index (χ2v) is 10.2. The van der Waals surface area contributed by atoms with Crippen molar-refractivity contribution in [3.8, 4) is 46.0 Å². The van der Waals surface area contributed by atoms with Crippen LogP contribution in [0.25, 0.3) is 0 Å². The quantitative estimate of drug-likeness (QED) is 0.222. The lowest BCUT2D eigenvalue weighted by molar-refractivity contribution is -0.149. The van der Waals surface area contributed by atoms with E-state index in [-0.39, 0.29) is 53.1 Å². The lowest BCUT2D eigenvalue weighted by atomic mass is 9.76. The van der Waals surface area contributed by atoms with Gasteiger partial charge in [0.15, 0.2) is 0 Å². The van der Waals surface area contributed by atoms with Gasteiger partial charge in [-0.2, -0.15) is 0 Å². The van der Waals surface area contributed by atoms with Crippen molar-refractivity contribution < 1.29 is 44.8 Å². The van der Waals surface area contributed by atoms with E-state index in [1.165, 1.54) is 42.5 Å². The topological polar surface area (TPSA) is 149 Å². The number of ether oxygens (including phenoxy) is 3. The first-order valence-electron chi connectivity index (χ1n) is 12.5. The molecule has 0 fully saturated rings. The average molecular weight is 529 g/mol. The molecule has 9 nitrogen and oxygen atoms in total. The van der Waals surface area contributed by atoms with E-state index in [1.807, 2.05) is 0 Å². The predicted molar refractivity (Wildman–Crippen MR) is 137 cm³/mol. The van der Waals surface area contributed by atoms with Gasteiger partial charge >= 0.3 is 0 Å². The molecule has 9 heteroatoms. The molecule has 0 saturated carbocycles. The van der Waals surface area contributed by atoms with Crippen LogP contribution >= 0.6 is 0 Å². The maximum Gasteiger partial charge on any atom is 0.278 e. The van der Waals surface area contributed by atoms with Gasteiger partial charge in [-0.25, -0.2) is 0 Å². The van der Waals surface area contributed by atoms with Gasteiger partial charge in [0.2, 0.25) is 0 Å². The SMILES string of the molecule is Oc1ccc([C@H]2Oc3c(c(O)cc4c3[C@H]3C[C@](c5ccc(O)cc5)(Oc5cc(O)cc(O)c53)O4)C[C@H]2O)cc1. The molecular weight excluding hydrogens is 504 g/mol. The molecule has 0 radical (unpaired) electrons. The van der Waals surface area contributed by atoms with Gasteiger partial charge in [0, 0.05) is 59.2 Å². The van der Waals surface area contributed by atoms with Gasteiger partial charge in [-0.3, -0.25) is 0 Å². The van der Waals surface area contributed by atoms with E-state index in [2.05, 4.69) is 0 Å². The lowest BCUT2D eigenvalue weighted by Crippen LogP contribution is -2.47. The molecule has 6 N–H and O–H groups in total. The molecule has 0 spiro atoms. The Morgan fingerprint density at radius 2 is 1.33 bits per heavy atom. The van der Waals surface area contributed by atoms with Crippen molar-refractivity contribution in [1.82, 2.24) is 0 Å². The fourth-order valence-electron chi connectivity index (χ4n) is 5.96. The summed E-state index contributed by atoms with van der Waals surface area (Å²) in [6.07, 6.45) is -1.46. The van der Waals surface area contributed by atoms with Crippen LogP contribution < -0.4 is 14.2 Å². The Kier molecular flexibility index (Phi) is 4.86. The van der Waals surface area contributed by atoms with Gasteiger partial charge in [0.1, 0.15) is 52.1 Å². The molecule has 3 aliphatic heterocycles. The van der Waals surface area contributed by atoms with Gasteiger partial charge in [0.05, 0.1) is 6.10 Å². The molecule has 0 aromatic heterocycles. The first-order valence-corrected chi connectivity index (χ1v) is 12.5. The molecule has 4 aromatic rings. The second kappa shape index (κ2) is 8.12. The van der Waals surface area contributed by atoms with Crippen molar-refractivity contribution in [2.24, 2.45) is 0 Å². The number of hydrogen-bond donors (Lipinski definition) is 6. The summed E-state index contributed by atoms with van der Waals surface area (Å²) in [5.74, 6) is -1.46. The zero-order valence-corrected chi connectivity index (χ0v) is 20.4. The summed E-state index contributed by atoms with van der Waals surface area (Å²) in [6, 6.07) is 16.8. The van der Waals surface area contributed by atoms with Crippen molar-refractivity contribution in [3.63, 3.8) is 0 Å². The van der Waals surface area contributed by atoms with E-state index >= 15 is 0 Å². The number of hydrogen-bond acceptors (Lipinski definition) is 9. The fourth-order valence-corrected chi connectivity index (χ4v) is 5.96. The number of aliphatic hydroxyl groups excluding tert-OH is 1. The van der Waals surface area contributed by atoms with Crippen molar-refractivity contribution in [2.75, 3.05) is 0 Å². The van der Waals surface area contributed by atoms with Crippen LogP contribution in [0.1, 0.15) is 46.3 Å². The van der Waals surface area contributed by atoms with Gasteiger partial charge in [0.25, 0.3) is 5.79 Å². The summed E-state index contributed by atoms with van der Waals surface area (Å²) >= 11 is 0. The highest BCUT2D eigenvalue weighted by Crippen LogP contribution is 2.62. The smallest absolute Gasteiger partial charge is 0.278 e. The van der Waals surface area contributed by atoms with Crippen molar-refractivity contribution in [3.05, 3.63) is 94.5 Å². The molecule has 3 heterocycles. The van der Waals surface area contributed by atoms with Crippen molar-refractivity contribution in [1.29, 1.82) is 0 Å². The summed E-state index contributed by atoms with van der Waals surface area (Å²) in [5, 5.41) is 62.7. The van der Waals surface area contributed by atoms with Crippen LogP contribution in [0.15, 0.2) is 66.7 Å². The number of aromatic hydroxyl groups is 5. The third kappa shape index (κ3) is 3.50. The second-order valence-electron chi connectivity index (χ2n) is 10.2. The highest BCUT2D eigenvalue weighted by Gasteiger charge is 2.53.